The maximum atomic E-state index is 13.1. The van der Waals surface area contributed by atoms with Crippen molar-refractivity contribution in [2.24, 2.45) is 0 Å². The van der Waals surface area contributed by atoms with Gasteiger partial charge in [0, 0.05) is 11.6 Å². The van der Waals surface area contributed by atoms with Crippen LogP contribution in [-0.4, -0.2) is 26.4 Å². The third-order valence-electron chi connectivity index (χ3n) is 5.29. The van der Waals surface area contributed by atoms with Gasteiger partial charge in [-0.1, -0.05) is 59.2 Å². The number of aromatic nitrogens is 3. The molecule has 0 bridgehead atoms. The van der Waals surface area contributed by atoms with Crippen LogP contribution in [0.4, 0.5) is 4.39 Å². The third-order valence-corrected chi connectivity index (χ3v) is 6.75. The highest BCUT2D eigenvalue weighted by Crippen LogP contribution is 2.30. The molecular weight excluding hydrogens is 522 g/mol. The smallest absolute Gasteiger partial charge is 0.230 e. The molecule has 4 rings (SSSR count). The summed E-state index contributed by atoms with van der Waals surface area (Å²) in [7, 11) is 0. The second kappa shape index (κ2) is 11.8. The van der Waals surface area contributed by atoms with Crippen LogP contribution in [0.25, 0.3) is 5.69 Å². The van der Waals surface area contributed by atoms with Gasteiger partial charge in [0.2, 0.25) is 5.91 Å². The molecule has 3 aromatic carbocycles. The number of carbonyl (C=O) groups excluding carboxylic acids is 1. The quantitative estimate of drug-likeness (QED) is 0.250. The maximum Gasteiger partial charge on any atom is 0.230 e. The molecule has 10 heteroatoms. The Kier molecular flexibility index (Phi) is 8.51. The summed E-state index contributed by atoms with van der Waals surface area (Å²) < 4.78 is 20.9. The molecule has 1 amide bonds. The van der Waals surface area contributed by atoms with Crippen molar-refractivity contribution in [3.05, 3.63) is 99.0 Å². The zero-order valence-electron chi connectivity index (χ0n) is 19.6. The van der Waals surface area contributed by atoms with Crippen molar-refractivity contribution in [2.45, 2.75) is 32.2 Å². The predicted molar refractivity (Wildman–Crippen MR) is 141 cm³/mol. The van der Waals surface area contributed by atoms with E-state index in [1.54, 1.807) is 30.3 Å². The van der Waals surface area contributed by atoms with Gasteiger partial charge in [-0.2, -0.15) is 0 Å². The topological polar surface area (TPSA) is 69.0 Å². The van der Waals surface area contributed by atoms with Crippen LogP contribution in [0.3, 0.4) is 0 Å². The fourth-order valence-corrected chi connectivity index (χ4v) is 4.66. The maximum absolute atomic E-state index is 13.1. The molecule has 0 fully saturated rings. The summed E-state index contributed by atoms with van der Waals surface area (Å²) in [4.78, 5) is 12.5. The molecule has 0 radical (unpaired) electrons. The first kappa shape index (κ1) is 26.0. The number of hydrogen-bond acceptors (Lipinski definition) is 5. The van der Waals surface area contributed by atoms with Crippen molar-refractivity contribution in [3.63, 3.8) is 0 Å². The molecule has 36 heavy (non-hydrogen) atoms. The van der Waals surface area contributed by atoms with Gasteiger partial charge in [-0.05, 0) is 66.9 Å². The molecule has 0 saturated carbocycles. The SMILES string of the molecule is Cc1ccc(C)c(-n2c(COc3ccc(Cl)cc3Cl)nnc2SCC(=O)NCc2ccc(F)cc2)c1. The minimum absolute atomic E-state index is 0.110. The van der Waals surface area contributed by atoms with Crippen LogP contribution in [0.15, 0.2) is 65.8 Å². The summed E-state index contributed by atoms with van der Waals surface area (Å²) >= 11 is 13.5. The molecule has 0 aliphatic heterocycles. The first-order valence-electron chi connectivity index (χ1n) is 11.0. The van der Waals surface area contributed by atoms with Gasteiger partial charge in [-0.25, -0.2) is 4.39 Å². The molecule has 0 atom stereocenters. The zero-order valence-corrected chi connectivity index (χ0v) is 21.9. The van der Waals surface area contributed by atoms with Crippen molar-refractivity contribution in [3.8, 4) is 11.4 Å². The largest absolute Gasteiger partial charge is 0.484 e. The zero-order chi connectivity index (χ0) is 25.7. The Labute approximate surface area is 222 Å². The molecule has 0 aliphatic rings. The van der Waals surface area contributed by atoms with Crippen LogP contribution in [0.1, 0.15) is 22.5 Å². The van der Waals surface area contributed by atoms with E-state index in [0.717, 1.165) is 22.4 Å². The monoisotopic (exact) mass is 544 g/mol. The third kappa shape index (κ3) is 6.57. The van der Waals surface area contributed by atoms with Crippen LogP contribution in [0.2, 0.25) is 10.0 Å². The number of hydrogen-bond donors (Lipinski definition) is 1. The van der Waals surface area contributed by atoms with Crippen LogP contribution in [0.5, 0.6) is 5.75 Å². The number of ether oxygens (including phenoxy) is 1. The Bertz CT molecular complexity index is 1380. The molecule has 1 heterocycles. The first-order chi connectivity index (χ1) is 17.3. The molecule has 0 aliphatic carbocycles. The van der Waals surface area contributed by atoms with Gasteiger partial charge in [-0.3, -0.25) is 9.36 Å². The van der Waals surface area contributed by atoms with Crippen molar-refractivity contribution in [1.82, 2.24) is 20.1 Å². The van der Waals surface area contributed by atoms with E-state index in [4.69, 9.17) is 27.9 Å². The van der Waals surface area contributed by atoms with Gasteiger partial charge in [0.25, 0.3) is 0 Å². The number of benzene rings is 3. The van der Waals surface area contributed by atoms with Crippen LogP contribution in [-0.2, 0) is 17.9 Å². The van der Waals surface area contributed by atoms with Gasteiger partial charge in [0.05, 0.1) is 16.5 Å². The first-order valence-corrected chi connectivity index (χ1v) is 12.8. The molecule has 1 aromatic heterocycles. The molecule has 186 valence electrons. The highest BCUT2D eigenvalue weighted by molar-refractivity contribution is 7.99. The molecule has 0 saturated heterocycles. The Morgan fingerprint density at radius 3 is 2.58 bits per heavy atom. The molecular formula is C26H23Cl2FN4O2S. The van der Waals surface area contributed by atoms with E-state index in [0.29, 0.717) is 33.3 Å². The van der Waals surface area contributed by atoms with E-state index in [1.807, 2.05) is 36.6 Å². The number of halogens is 3. The number of carbonyl (C=O) groups is 1. The summed E-state index contributed by atoms with van der Waals surface area (Å²) in [6.07, 6.45) is 0. The Hall–Kier alpha value is -3.07. The van der Waals surface area contributed by atoms with E-state index in [1.165, 1.54) is 23.9 Å². The lowest BCUT2D eigenvalue weighted by atomic mass is 10.1. The van der Waals surface area contributed by atoms with E-state index >= 15 is 0 Å². The number of rotatable bonds is 9. The van der Waals surface area contributed by atoms with Crippen LogP contribution in [0, 0.1) is 19.7 Å². The Morgan fingerprint density at radius 2 is 1.83 bits per heavy atom. The van der Waals surface area contributed by atoms with E-state index in [9.17, 15) is 9.18 Å². The van der Waals surface area contributed by atoms with Gasteiger partial charge in [-0.15, -0.1) is 10.2 Å². The predicted octanol–water partition coefficient (Wildman–Crippen LogP) is 6.32. The van der Waals surface area contributed by atoms with Crippen molar-refractivity contribution >= 4 is 40.9 Å². The second-order valence-electron chi connectivity index (χ2n) is 8.08. The number of nitrogens with zero attached hydrogens (tertiary/aromatic N) is 3. The summed E-state index contributed by atoms with van der Waals surface area (Å²) in [5.41, 5.74) is 3.81. The van der Waals surface area contributed by atoms with Gasteiger partial charge >= 0.3 is 0 Å². The molecule has 4 aromatic rings. The number of thioether (sulfide) groups is 1. The lowest BCUT2D eigenvalue weighted by Gasteiger charge is -2.14. The van der Waals surface area contributed by atoms with E-state index in [-0.39, 0.29) is 24.1 Å². The summed E-state index contributed by atoms with van der Waals surface area (Å²) in [6.45, 7) is 4.43. The highest BCUT2D eigenvalue weighted by Gasteiger charge is 2.18. The average molecular weight is 545 g/mol. The van der Waals surface area contributed by atoms with Crippen molar-refractivity contribution in [1.29, 1.82) is 0 Å². The lowest BCUT2D eigenvalue weighted by Crippen LogP contribution is -2.24. The molecule has 0 unspecified atom stereocenters. The van der Waals surface area contributed by atoms with Crippen molar-refractivity contribution in [2.75, 3.05) is 5.75 Å². The Balaban J connectivity index is 1.51. The van der Waals surface area contributed by atoms with Gasteiger partial charge in [0.1, 0.15) is 18.2 Å². The molecule has 0 spiro atoms. The number of aryl methyl sites for hydroxylation is 2. The summed E-state index contributed by atoms with van der Waals surface area (Å²) in [5, 5.41) is 13.0. The van der Waals surface area contributed by atoms with Crippen LogP contribution < -0.4 is 10.1 Å². The van der Waals surface area contributed by atoms with Gasteiger partial charge < -0.3 is 10.1 Å². The number of amides is 1. The molecule has 1 N–H and O–H groups in total. The summed E-state index contributed by atoms with van der Waals surface area (Å²) in [6, 6.07) is 17.1. The van der Waals surface area contributed by atoms with Gasteiger partial charge in [0.15, 0.2) is 11.0 Å². The minimum Gasteiger partial charge on any atom is -0.484 e. The van der Waals surface area contributed by atoms with Crippen molar-refractivity contribution < 1.29 is 13.9 Å². The fourth-order valence-electron chi connectivity index (χ4n) is 3.41. The normalized spacial score (nSPS) is 10.9. The van der Waals surface area contributed by atoms with Crippen LogP contribution >= 0.6 is 35.0 Å². The highest BCUT2D eigenvalue weighted by atomic mass is 35.5. The second-order valence-corrected chi connectivity index (χ2v) is 9.87. The van der Waals surface area contributed by atoms with E-state index in [2.05, 4.69) is 15.5 Å². The minimum atomic E-state index is -0.315. The fraction of sp³-hybridized carbons (Fsp3) is 0.192. The van der Waals surface area contributed by atoms with E-state index < -0.39 is 0 Å². The molecule has 6 nitrogen and oxygen atoms in total. The summed E-state index contributed by atoms with van der Waals surface area (Å²) in [5.74, 6) is 0.679. The average Bonchev–Trinajstić information content (AvgIpc) is 3.26. The standard InChI is InChI=1S/C26H23Cl2FN4O2S/c1-16-3-4-17(2)22(11-16)33-24(14-35-23-10-7-19(27)12-21(23)28)31-32-26(33)36-15-25(34)30-13-18-5-8-20(29)9-6-18/h3-12H,13-15H2,1-2H3,(H,30,34). The number of nitrogens with one attached hydrogen (secondary N) is 1. The lowest BCUT2D eigenvalue weighted by molar-refractivity contribution is -0.118. The Morgan fingerprint density at radius 1 is 1.06 bits per heavy atom.